The Morgan fingerprint density at radius 3 is 3.11 bits per heavy atom. The Labute approximate surface area is 114 Å². The average molecular weight is 265 g/mol. The number of piperazine rings is 1. The zero-order chi connectivity index (χ0) is 13.2. The third-order valence-electron chi connectivity index (χ3n) is 4.17. The van der Waals surface area contributed by atoms with Gasteiger partial charge >= 0.3 is 6.01 Å². The maximum atomic E-state index is 5.81. The van der Waals surface area contributed by atoms with E-state index >= 15 is 0 Å². The highest BCUT2D eigenvalue weighted by Gasteiger charge is 2.32. The minimum atomic E-state index is 0.124. The lowest BCUT2D eigenvalue weighted by Crippen LogP contribution is -2.50. The Bertz CT molecular complexity index is 421. The molecule has 2 unspecified atom stereocenters. The zero-order valence-electron chi connectivity index (χ0n) is 11.8. The predicted molar refractivity (Wildman–Crippen MR) is 73.2 cm³/mol. The molecule has 106 valence electrons. The molecule has 2 aliphatic heterocycles. The number of anilines is 1. The van der Waals surface area contributed by atoms with Gasteiger partial charge in [0.1, 0.15) is 0 Å². The monoisotopic (exact) mass is 265 g/mol. The summed E-state index contributed by atoms with van der Waals surface area (Å²) in [6, 6.07) is 1.49. The van der Waals surface area contributed by atoms with Crippen molar-refractivity contribution in [1.29, 1.82) is 0 Å². The van der Waals surface area contributed by atoms with Gasteiger partial charge in [-0.2, -0.15) is 0 Å². The molecule has 1 N–H and O–H groups in total. The molecule has 1 aromatic heterocycles. The maximum Gasteiger partial charge on any atom is 0.318 e. The summed E-state index contributed by atoms with van der Waals surface area (Å²) in [4.78, 5) is 4.82. The third kappa shape index (κ3) is 2.60. The molecule has 6 nitrogen and oxygen atoms in total. The van der Waals surface area contributed by atoms with Crippen molar-refractivity contribution in [1.82, 2.24) is 20.4 Å². The van der Waals surface area contributed by atoms with Crippen molar-refractivity contribution in [3.05, 3.63) is 5.89 Å². The molecule has 2 aliphatic rings. The quantitative estimate of drug-likeness (QED) is 0.877. The van der Waals surface area contributed by atoms with Gasteiger partial charge in [0, 0.05) is 25.7 Å². The summed E-state index contributed by atoms with van der Waals surface area (Å²) < 4.78 is 5.81. The van der Waals surface area contributed by atoms with Crippen LogP contribution in [0.2, 0.25) is 0 Å². The van der Waals surface area contributed by atoms with Crippen LogP contribution in [0.25, 0.3) is 0 Å². The molecule has 0 amide bonds. The van der Waals surface area contributed by atoms with Crippen LogP contribution in [-0.4, -0.2) is 53.9 Å². The van der Waals surface area contributed by atoms with E-state index in [1.54, 1.807) is 0 Å². The van der Waals surface area contributed by atoms with Gasteiger partial charge in [-0.05, 0) is 32.9 Å². The molecule has 0 radical (unpaired) electrons. The van der Waals surface area contributed by atoms with E-state index in [0.29, 0.717) is 17.9 Å². The van der Waals surface area contributed by atoms with Gasteiger partial charge in [-0.1, -0.05) is 12.0 Å². The molecule has 0 aromatic carbocycles. The van der Waals surface area contributed by atoms with Crippen LogP contribution in [-0.2, 0) is 0 Å². The van der Waals surface area contributed by atoms with Crippen molar-refractivity contribution in [3.63, 3.8) is 0 Å². The lowest BCUT2D eigenvalue weighted by atomic mass is 10.2. The maximum absolute atomic E-state index is 5.81. The lowest BCUT2D eigenvalue weighted by Gasteiger charge is -2.36. The van der Waals surface area contributed by atoms with Crippen LogP contribution in [0, 0.1) is 0 Å². The fourth-order valence-corrected chi connectivity index (χ4v) is 3.09. The van der Waals surface area contributed by atoms with Gasteiger partial charge in [-0.15, -0.1) is 5.10 Å². The summed E-state index contributed by atoms with van der Waals surface area (Å²) in [5, 5.41) is 11.7. The molecular weight excluding hydrogens is 242 g/mol. The first kappa shape index (κ1) is 12.9. The molecule has 2 atom stereocenters. The second kappa shape index (κ2) is 5.46. The largest absolute Gasteiger partial charge is 0.406 e. The molecule has 0 bridgehead atoms. The van der Waals surface area contributed by atoms with E-state index in [2.05, 4.69) is 39.2 Å². The van der Waals surface area contributed by atoms with Crippen LogP contribution >= 0.6 is 0 Å². The molecule has 6 heteroatoms. The van der Waals surface area contributed by atoms with Gasteiger partial charge in [-0.25, -0.2) is 0 Å². The number of aromatic nitrogens is 2. The fraction of sp³-hybridized carbons (Fsp3) is 0.846. The first-order valence-electron chi connectivity index (χ1n) is 7.33. The Morgan fingerprint density at radius 1 is 1.37 bits per heavy atom. The number of hydrogen-bond acceptors (Lipinski definition) is 6. The van der Waals surface area contributed by atoms with E-state index in [4.69, 9.17) is 4.42 Å². The van der Waals surface area contributed by atoms with Gasteiger partial charge in [0.2, 0.25) is 5.89 Å². The van der Waals surface area contributed by atoms with E-state index in [0.717, 1.165) is 26.2 Å². The Kier molecular flexibility index (Phi) is 3.70. The number of hydrogen-bond donors (Lipinski definition) is 1. The number of fused-ring (bicyclic) bond motifs is 1. The highest BCUT2D eigenvalue weighted by molar-refractivity contribution is 5.26. The topological polar surface area (TPSA) is 57.4 Å². The van der Waals surface area contributed by atoms with Crippen LogP contribution in [0.15, 0.2) is 4.42 Å². The molecule has 19 heavy (non-hydrogen) atoms. The number of nitrogens with zero attached hydrogens (tertiary/aromatic N) is 4. The second-order valence-electron chi connectivity index (χ2n) is 5.48. The van der Waals surface area contributed by atoms with E-state index in [1.165, 1.54) is 19.4 Å². The number of rotatable bonds is 4. The highest BCUT2D eigenvalue weighted by atomic mass is 16.4. The van der Waals surface area contributed by atoms with Gasteiger partial charge < -0.3 is 14.6 Å². The SMILES string of the molecule is CCNC(C)c1nnc(N2CCN3CCCC3C2)o1. The van der Waals surface area contributed by atoms with Crippen LogP contribution in [0.5, 0.6) is 0 Å². The number of nitrogens with one attached hydrogen (secondary N) is 1. The fourth-order valence-electron chi connectivity index (χ4n) is 3.09. The van der Waals surface area contributed by atoms with Crippen molar-refractivity contribution < 1.29 is 4.42 Å². The van der Waals surface area contributed by atoms with Gasteiger partial charge in [0.15, 0.2) is 0 Å². The summed E-state index contributed by atoms with van der Waals surface area (Å²) in [5.74, 6) is 0.686. The Hall–Kier alpha value is -1.14. The second-order valence-corrected chi connectivity index (χ2v) is 5.48. The predicted octanol–water partition coefficient (Wildman–Crippen LogP) is 1.02. The van der Waals surface area contributed by atoms with Crippen molar-refractivity contribution in [2.24, 2.45) is 0 Å². The summed E-state index contributed by atoms with van der Waals surface area (Å²) in [7, 11) is 0. The van der Waals surface area contributed by atoms with Crippen LogP contribution < -0.4 is 10.2 Å². The molecule has 1 aromatic rings. The van der Waals surface area contributed by atoms with E-state index in [-0.39, 0.29) is 6.04 Å². The molecule has 0 spiro atoms. The van der Waals surface area contributed by atoms with Crippen LogP contribution in [0.4, 0.5) is 6.01 Å². The van der Waals surface area contributed by atoms with Crippen molar-refractivity contribution in [3.8, 4) is 0 Å². The standard InChI is InChI=1S/C13H23N5O/c1-3-14-10(2)12-15-16-13(19-12)18-8-7-17-6-4-5-11(17)9-18/h10-11,14H,3-9H2,1-2H3. The molecular formula is C13H23N5O. The van der Waals surface area contributed by atoms with E-state index < -0.39 is 0 Å². The highest BCUT2D eigenvalue weighted by Crippen LogP contribution is 2.25. The average Bonchev–Trinajstić information content (AvgIpc) is 3.07. The lowest BCUT2D eigenvalue weighted by molar-refractivity contribution is 0.225. The van der Waals surface area contributed by atoms with Crippen molar-refractivity contribution in [2.75, 3.05) is 37.6 Å². The minimum Gasteiger partial charge on any atom is -0.406 e. The summed E-state index contributed by atoms with van der Waals surface area (Å²) in [6.07, 6.45) is 2.62. The third-order valence-corrected chi connectivity index (χ3v) is 4.17. The van der Waals surface area contributed by atoms with Crippen molar-refractivity contribution in [2.45, 2.75) is 38.8 Å². The molecule has 2 saturated heterocycles. The van der Waals surface area contributed by atoms with E-state index in [1.807, 2.05) is 0 Å². The van der Waals surface area contributed by atoms with Gasteiger partial charge in [-0.3, -0.25) is 4.90 Å². The van der Waals surface area contributed by atoms with Crippen LogP contribution in [0.1, 0.15) is 38.6 Å². The first-order valence-corrected chi connectivity index (χ1v) is 7.33. The zero-order valence-corrected chi connectivity index (χ0v) is 11.8. The molecule has 0 aliphatic carbocycles. The Balaban J connectivity index is 1.66. The molecule has 0 saturated carbocycles. The van der Waals surface area contributed by atoms with Crippen LogP contribution in [0.3, 0.4) is 0 Å². The van der Waals surface area contributed by atoms with E-state index in [9.17, 15) is 0 Å². The minimum absolute atomic E-state index is 0.124. The molecule has 3 heterocycles. The molecule has 3 rings (SSSR count). The first-order chi connectivity index (χ1) is 9.28. The Morgan fingerprint density at radius 2 is 2.26 bits per heavy atom. The summed E-state index contributed by atoms with van der Waals surface area (Å²) in [6.45, 7) is 9.42. The van der Waals surface area contributed by atoms with Gasteiger partial charge in [0.25, 0.3) is 0 Å². The summed E-state index contributed by atoms with van der Waals surface area (Å²) >= 11 is 0. The molecule has 2 fully saturated rings. The van der Waals surface area contributed by atoms with Crippen molar-refractivity contribution >= 4 is 6.01 Å². The van der Waals surface area contributed by atoms with Gasteiger partial charge in [0.05, 0.1) is 6.04 Å². The normalized spacial score (nSPS) is 25.6. The summed E-state index contributed by atoms with van der Waals surface area (Å²) in [5.41, 5.74) is 0. The smallest absolute Gasteiger partial charge is 0.318 e.